The molecule has 0 aromatic carbocycles. The first-order chi connectivity index (χ1) is 10.6. The number of ether oxygens (including phenoxy) is 1. The van der Waals surface area contributed by atoms with Gasteiger partial charge >= 0.3 is 5.97 Å². The number of carbonyl (C=O) groups excluding carboxylic acids is 2. The van der Waals surface area contributed by atoms with Gasteiger partial charge in [-0.05, 0) is 25.5 Å². The SMILES string of the molecule is CCOC(=O)Cn1cc(/C=C2\CNCCC2SC(C)=O)cn1. The highest BCUT2D eigenvalue weighted by atomic mass is 32.2. The van der Waals surface area contributed by atoms with Gasteiger partial charge in [0.15, 0.2) is 5.12 Å². The van der Waals surface area contributed by atoms with Crippen LogP contribution in [0.1, 0.15) is 25.8 Å². The average molecular weight is 323 g/mol. The summed E-state index contributed by atoms with van der Waals surface area (Å²) < 4.78 is 6.46. The van der Waals surface area contributed by atoms with Gasteiger partial charge < -0.3 is 10.1 Å². The van der Waals surface area contributed by atoms with Crippen LogP contribution in [0.3, 0.4) is 0 Å². The van der Waals surface area contributed by atoms with Crippen LogP contribution in [0.4, 0.5) is 0 Å². The van der Waals surface area contributed by atoms with E-state index in [4.69, 9.17) is 4.74 Å². The van der Waals surface area contributed by atoms with Gasteiger partial charge in [-0.2, -0.15) is 5.10 Å². The molecule has 1 N–H and O–H groups in total. The Morgan fingerprint density at radius 2 is 2.41 bits per heavy atom. The molecule has 0 aliphatic carbocycles. The van der Waals surface area contributed by atoms with Crippen molar-refractivity contribution in [2.45, 2.75) is 32.1 Å². The maximum absolute atomic E-state index is 11.4. The van der Waals surface area contributed by atoms with Crippen LogP contribution in [0.15, 0.2) is 18.0 Å². The Bertz CT molecular complexity index is 568. The van der Waals surface area contributed by atoms with Gasteiger partial charge in [0.1, 0.15) is 6.54 Å². The Hall–Kier alpha value is -1.60. The fourth-order valence-electron chi connectivity index (χ4n) is 2.34. The first-order valence-electron chi connectivity index (χ1n) is 7.35. The summed E-state index contributed by atoms with van der Waals surface area (Å²) in [6, 6.07) is 0. The summed E-state index contributed by atoms with van der Waals surface area (Å²) in [6.45, 7) is 5.55. The monoisotopic (exact) mass is 323 g/mol. The van der Waals surface area contributed by atoms with Crippen LogP contribution in [0, 0.1) is 0 Å². The molecule has 22 heavy (non-hydrogen) atoms. The third kappa shape index (κ3) is 4.99. The topological polar surface area (TPSA) is 73.2 Å². The molecule has 1 aromatic heterocycles. The van der Waals surface area contributed by atoms with Crippen molar-refractivity contribution in [2.75, 3.05) is 19.7 Å². The molecule has 0 spiro atoms. The number of rotatable bonds is 5. The van der Waals surface area contributed by atoms with Crippen LogP contribution in [0.25, 0.3) is 6.08 Å². The van der Waals surface area contributed by atoms with Crippen LogP contribution in [0.2, 0.25) is 0 Å². The van der Waals surface area contributed by atoms with Gasteiger partial charge in [0, 0.05) is 30.5 Å². The van der Waals surface area contributed by atoms with Crippen molar-refractivity contribution in [1.82, 2.24) is 15.1 Å². The van der Waals surface area contributed by atoms with E-state index in [2.05, 4.69) is 10.4 Å². The van der Waals surface area contributed by atoms with Crippen molar-refractivity contribution in [3.63, 3.8) is 0 Å². The minimum Gasteiger partial charge on any atom is -0.465 e. The molecule has 1 aromatic rings. The van der Waals surface area contributed by atoms with E-state index in [9.17, 15) is 9.59 Å². The quantitative estimate of drug-likeness (QED) is 0.827. The second kappa shape index (κ2) is 8.14. The summed E-state index contributed by atoms with van der Waals surface area (Å²) in [5, 5.41) is 7.84. The van der Waals surface area contributed by atoms with E-state index in [0.717, 1.165) is 25.1 Å². The van der Waals surface area contributed by atoms with Crippen molar-refractivity contribution in [2.24, 2.45) is 0 Å². The fourth-order valence-corrected chi connectivity index (χ4v) is 3.28. The highest BCUT2D eigenvalue weighted by Crippen LogP contribution is 2.26. The predicted molar refractivity (Wildman–Crippen MR) is 86.4 cm³/mol. The van der Waals surface area contributed by atoms with Gasteiger partial charge in [-0.25, -0.2) is 0 Å². The maximum Gasteiger partial charge on any atom is 0.327 e. The lowest BCUT2D eigenvalue weighted by molar-refractivity contribution is -0.144. The van der Waals surface area contributed by atoms with E-state index >= 15 is 0 Å². The molecule has 7 heteroatoms. The number of nitrogens with one attached hydrogen (secondary N) is 1. The third-order valence-electron chi connectivity index (χ3n) is 3.24. The van der Waals surface area contributed by atoms with Crippen LogP contribution in [-0.4, -0.2) is 45.8 Å². The number of esters is 1. The maximum atomic E-state index is 11.4. The van der Waals surface area contributed by atoms with E-state index in [1.165, 1.54) is 17.3 Å². The molecule has 0 amide bonds. The summed E-state index contributed by atoms with van der Waals surface area (Å²) in [5.41, 5.74) is 2.11. The minimum atomic E-state index is -0.297. The Kier molecular flexibility index (Phi) is 6.21. The van der Waals surface area contributed by atoms with Gasteiger partial charge in [0.2, 0.25) is 0 Å². The molecule has 0 bridgehead atoms. The Labute approximate surface area is 134 Å². The summed E-state index contributed by atoms with van der Waals surface area (Å²) in [6.07, 6.45) is 6.51. The van der Waals surface area contributed by atoms with Gasteiger partial charge in [-0.3, -0.25) is 14.3 Å². The largest absolute Gasteiger partial charge is 0.465 e. The summed E-state index contributed by atoms with van der Waals surface area (Å²) in [5.74, 6) is -0.297. The smallest absolute Gasteiger partial charge is 0.327 e. The molecule has 6 nitrogen and oxygen atoms in total. The number of nitrogens with zero attached hydrogens (tertiary/aromatic N) is 2. The number of aromatic nitrogens is 2. The molecule has 1 atom stereocenters. The van der Waals surface area contributed by atoms with Gasteiger partial charge in [0.25, 0.3) is 0 Å². The lowest BCUT2D eigenvalue weighted by Crippen LogP contribution is -2.32. The molecular formula is C15H21N3O3S. The first-order valence-corrected chi connectivity index (χ1v) is 8.23. The van der Waals surface area contributed by atoms with Gasteiger partial charge in [-0.15, -0.1) is 0 Å². The number of carbonyl (C=O) groups is 2. The molecule has 1 aliphatic heterocycles. The standard InChI is InChI=1S/C15H21N3O3S/c1-3-21-15(20)10-18-9-12(7-17-18)6-13-8-16-5-4-14(13)22-11(2)19/h6-7,9,14,16H,3-5,8,10H2,1-2H3/b13-6+. The molecular weight excluding hydrogens is 302 g/mol. The van der Waals surface area contributed by atoms with E-state index in [-0.39, 0.29) is 22.9 Å². The molecule has 2 rings (SSSR count). The molecule has 1 unspecified atom stereocenters. The van der Waals surface area contributed by atoms with Crippen LogP contribution in [0.5, 0.6) is 0 Å². The molecule has 1 fully saturated rings. The Balaban J connectivity index is 2.05. The Morgan fingerprint density at radius 1 is 1.59 bits per heavy atom. The van der Waals surface area contributed by atoms with Crippen LogP contribution in [-0.2, 0) is 20.9 Å². The van der Waals surface area contributed by atoms with Gasteiger partial charge in [-0.1, -0.05) is 17.8 Å². The average Bonchev–Trinajstić information content (AvgIpc) is 2.88. The molecule has 1 saturated heterocycles. The van der Waals surface area contributed by atoms with Crippen LogP contribution < -0.4 is 5.32 Å². The zero-order chi connectivity index (χ0) is 15.9. The molecule has 2 heterocycles. The zero-order valence-electron chi connectivity index (χ0n) is 12.9. The lowest BCUT2D eigenvalue weighted by atomic mass is 10.0. The van der Waals surface area contributed by atoms with E-state index in [1.807, 2.05) is 12.3 Å². The first kappa shape index (κ1) is 16.8. The van der Waals surface area contributed by atoms with E-state index < -0.39 is 0 Å². The second-order valence-corrected chi connectivity index (χ2v) is 6.44. The highest BCUT2D eigenvalue weighted by Gasteiger charge is 2.20. The van der Waals surface area contributed by atoms with E-state index in [1.54, 1.807) is 24.7 Å². The molecule has 120 valence electrons. The zero-order valence-corrected chi connectivity index (χ0v) is 13.7. The van der Waals surface area contributed by atoms with Gasteiger partial charge in [0.05, 0.1) is 12.8 Å². The molecule has 0 saturated carbocycles. The normalized spacial score (nSPS) is 20.1. The van der Waals surface area contributed by atoms with Crippen molar-refractivity contribution >= 4 is 28.9 Å². The summed E-state index contributed by atoms with van der Waals surface area (Å²) in [7, 11) is 0. The minimum absolute atomic E-state index is 0.112. The molecule has 0 radical (unpaired) electrons. The lowest BCUT2D eigenvalue weighted by Gasteiger charge is -2.24. The summed E-state index contributed by atoms with van der Waals surface area (Å²) >= 11 is 1.38. The fraction of sp³-hybridized carbons (Fsp3) is 0.533. The van der Waals surface area contributed by atoms with Crippen molar-refractivity contribution in [3.8, 4) is 0 Å². The summed E-state index contributed by atoms with van der Waals surface area (Å²) in [4.78, 5) is 22.8. The number of piperidine rings is 1. The van der Waals surface area contributed by atoms with Crippen LogP contribution >= 0.6 is 11.8 Å². The third-order valence-corrected chi connectivity index (χ3v) is 4.39. The highest BCUT2D eigenvalue weighted by molar-refractivity contribution is 8.14. The number of thioether (sulfide) groups is 1. The predicted octanol–water partition coefficient (Wildman–Crippen LogP) is 1.47. The number of hydrogen-bond donors (Lipinski definition) is 1. The van der Waals surface area contributed by atoms with Crippen molar-refractivity contribution in [1.29, 1.82) is 0 Å². The van der Waals surface area contributed by atoms with Crippen molar-refractivity contribution < 1.29 is 14.3 Å². The van der Waals surface area contributed by atoms with Crippen molar-refractivity contribution in [3.05, 3.63) is 23.5 Å². The molecule has 1 aliphatic rings. The van der Waals surface area contributed by atoms with E-state index in [0.29, 0.717) is 6.61 Å². The Morgan fingerprint density at radius 3 is 3.14 bits per heavy atom. The number of hydrogen-bond acceptors (Lipinski definition) is 6. The second-order valence-electron chi connectivity index (χ2n) is 5.06.